The van der Waals surface area contributed by atoms with E-state index in [1.807, 2.05) is 19.1 Å². The summed E-state index contributed by atoms with van der Waals surface area (Å²) in [5.74, 6) is 0.329. The van der Waals surface area contributed by atoms with Crippen LogP contribution in [0.1, 0.15) is 43.9 Å². The molecule has 0 fully saturated rings. The minimum absolute atomic E-state index is 0.329. The quantitative estimate of drug-likeness (QED) is 0.869. The average molecular weight is 271 g/mol. The molecule has 1 aromatic rings. The second-order valence-electron chi connectivity index (χ2n) is 4.22. The smallest absolute Gasteiger partial charge is 0.0815 e. The number of hydrogen-bond donors (Lipinski definition) is 1. The van der Waals surface area contributed by atoms with Crippen molar-refractivity contribution < 1.29 is 5.11 Å². The summed E-state index contributed by atoms with van der Waals surface area (Å²) >= 11 is 3.46. The van der Waals surface area contributed by atoms with Gasteiger partial charge in [-0.15, -0.1) is 0 Å². The van der Waals surface area contributed by atoms with E-state index in [0.717, 1.165) is 22.9 Å². The van der Waals surface area contributed by atoms with E-state index in [4.69, 9.17) is 0 Å². The number of halogens is 1. The third-order valence-electron chi connectivity index (χ3n) is 2.81. The standard InChI is InChI=1S/C13H19BrO/c1-4-5-9(2)13(15)11-6-7-12(14)10(3)8-11/h6-9,13,15H,4-5H2,1-3H3. The summed E-state index contributed by atoms with van der Waals surface area (Å²) in [5.41, 5.74) is 2.20. The topological polar surface area (TPSA) is 20.2 Å². The molecule has 0 aliphatic carbocycles. The second kappa shape index (κ2) is 5.66. The van der Waals surface area contributed by atoms with Crippen molar-refractivity contribution in [3.8, 4) is 0 Å². The zero-order valence-electron chi connectivity index (χ0n) is 9.63. The van der Waals surface area contributed by atoms with Crippen LogP contribution in [-0.2, 0) is 0 Å². The van der Waals surface area contributed by atoms with E-state index >= 15 is 0 Å². The molecule has 84 valence electrons. The number of rotatable bonds is 4. The normalized spacial score (nSPS) is 15.0. The first kappa shape index (κ1) is 12.7. The Morgan fingerprint density at radius 2 is 2.07 bits per heavy atom. The molecule has 0 bridgehead atoms. The van der Waals surface area contributed by atoms with Crippen LogP contribution in [0.4, 0.5) is 0 Å². The van der Waals surface area contributed by atoms with Gasteiger partial charge in [-0.3, -0.25) is 0 Å². The fourth-order valence-electron chi connectivity index (χ4n) is 1.79. The van der Waals surface area contributed by atoms with Gasteiger partial charge in [-0.1, -0.05) is 48.3 Å². The summed E-state index contributed by atoms with van der Waals surface area (Å²) in [5, 5.41) is 10.1. The van der Waals surface area contributed by atoms with Crippen LogP contribution in [0.15, 0.2) is 22.7 Å². The Morgan fingerprint density at radius 3 is 2.60 bits per heavy atom. The maximum atomic E-state index is 10.1. The van der Waals surface area contributed by atoms with Gasteiger partial charge in [0.15, 0.2) is 0 Å². The van der Waals surface area contributed by atoms with E-state index in [1.54, 1.807) is 0 Å². The minimum Gasteiger partial charge on any atom is -0.388 e. The number of hydrogen-bond acceptors (Lipinski definition) is 1. The molecule has 1 aromatic carbocycles. The average Bonchev–Trinajstić information content (AvgIpc) is 2.21. The maximum Gasteiger partial charge on any atom is 0.0815 e. The van der Waals surface area contributed by atoms with Crippen LogP contribution in [0, 0.1) is 12.8 Å². The SMILES string of the molecule is CCCC(C)C(O)c1ccc(Br)c(C)c1. The summed E-state index contributed by atoms with van der Waals surface area (Å²) in [6.07, 6.45) is 1.85. The third kappa shape index (κ3) is 3.32. The lowest BCUT2D eigenvalue weighted by atomic mass is 9.93. The van der Waals surface area contributed by atoms with Crippen molar-refractivity contribution in [1.82, 2.24) is 0 Å². The van der Waals surface area contributed by atoms with Gasteiger partial charge in [0.05, 0.1) is 6.10 Å². The Morgan fingerprint density at radius 1 is 1.40 bits per heavy atom. The molecule has 0 saturated carbocycles. The molecule has 2 atom stereocenters. The van der Waals surface area contributed by atoms with Gasteiger partial charge in [0, 0.05) is 4.47 Å². The Bertz CT molecular complexity index is 322. The molecule has 2 heteroatoms. The van der Waals surface area contributed by atoms with Crippen molar-refractivity contribution in [3.63, 3.8) is 0 Å². The maximum absolute atomic E-state index is 10.1. The summed E-state index contributed by atoms with van der Waals surface area (Å²) in [4.78, 5) is 0. The van der Waals surface area contributed by atoms with Crippen molar-refractivity contribution >= 4 is 15.9 Å². The lowest BCUT2D eigenvalue weighted by Crippen LogP contribution is -2.09. The lowest BCUT2D eigenvalue weighted by molar-refractivity contribution is 0.112. The first-order chi connectivity index (χ1) is 7.06. The van der Waals surface area contributed by atoms with Gasteiger partial charge in [-0.2, -0.15) is 0 Å². The van der Waals surface area contributed by atoms with Crippen molar-refractivity contribution in [1.29, 1.82) is 0 Å². The Hall–Kier alpha value is -0.340. The van der Waals surface area contributed by atoms with Gasteiger partial charge >= 0.3 is 0 Å². The van der Waals surface area contributed by atoms with Crippen molar-refractivity contribution in [2.24, 2.45) is 5.92 Å². The predicted molar refractivity (Wildman–Crippen MR) is 67.9 cm³/mol. The molecule has 15 heavy (non-hydrogen) atoms. The molecule has 1 N–H and O–H groups in total. The van der Waals surface area contributed by atoms with E-state index in [0.29, 0.717) is 5.92 Å². The molecular weight excluding hydrogens is 252 g/mol. The van der Waals surface area contributed by atoms with E-state index in [9.17, 15) is 5.11 Å². The molecule has 1 nitrogen and oxygen atoms in total. The van der Waals surface area contributed by atoms with Crippen LogP contribution in [0.3, 0.4) is 0 Å². The largest absolute Gasteiger partial charge is 0.388 e. The molecule has 0 amide bonds. The Balaban J connectivity index is 2.81. The summed E-state index contributed by atoms with van der Waals surface area (Å²) in [6.45, 7) is 6.30. The molecule has 0 heterocycles. The molecule has 1 rings (SSSR count). The molecule has 0 radical (unpaired) electrons. The molecule has 0 aliphatic rings. The molecule has 0 saturated heterocycles. The van der Waals surface area contributed by atoms with E-state index in [1.165, 1.54) is 5.56 Å². The van der Waals surface area contributed by atoms with Gasteiger partial charge in [0.2, 0.25) is 0 Å². The zero-order valence-corrected chi connectivity index (χ0v) is 11.2. The highest BCUT2D eigenvalue weighted by Crippen LogP contribution is 2.28. The number of aliphatic hydroxyl groups is 1. The highest BCUT2D eigenvalue weighted by atomic mass is 79.9. The van der Waals surface area contributed by atoms with Gasteiger partial charge in [-0.05, 0) is 36.5 Å². The number of aryl methyl sites for hydroxylation is 1. The summed E-state index contributed by atoms with van der Waals surface area (Å²) in [6, 6.07) is 6.06. The first-order valence-corrected chi connectivity index (χ1v) is 6.29. The number of benzene rings is 1. The summed E-state index contributed by atoms with van der Waals surface area (Å²) < 4.78 is 1.10. The summed E-state index contributed by atoms with van der Waals surface area (Å²) in [7, 11) is 0. The van der Waals surface area contributed by atoms with Crippen LogP contribution in [0.25, 0.3) is 0 Å². The Labute approximate surface area is 101 Å². The minimum atomic E-state index is -0.336. The molecule has 2 unspecified atom stereocenters. The van der Waals surface area contributed by atoms with Gasteiger partial charge in [-0.25, -0.2) is 0 Å². The van der Waals surface area contributed by atoms with Crippen LogP contribution in [0.5, 0.6) is 0 Å². The fourth-order valence-corrected chi connectivity index (χ4v) is 2.04. The fraction of sp³-hybridized carbons (Fsp3) is 0.538. The van der Waals surface area contributed by atoms with Gasteiger partial charge in [0.1, 0.15) is 0 Å². The van der Waals surface area contributed by atoms with Crippen molar-refractivity contribution in [3.05, 3.63) is 33.8 Å². The van der Waals surface area contributed by atoms with Crippen LogP contribution >= 0.6 is 15.9 Å². The van der Waals surface area contributed by atoms with E-state index < -0.39 is 0 Å². The number of aliphatic hydroxyl groups excluding tert-OH is 1. The molecule has 0 aliphatic heterocycles. The highest BCUT2D eigenvalue weighted by molar-refractivity contribution is 9.10. The highest BCUT2D eigenvalue weighted by Gasteiger charge is 2.15. The van der Waals surface area contributed by atoms with E-state index in [-0.39, 0.29) is 6.10 Å². The van der Waals surface area contributed by atoms with Gasteiger partial charge in [0.25, 0.3) is 0 Å². The third-order valence-corrected chi connectivity index (χ3v) is 3.70. The predicted octanol–water partition coefficient (Wildman–Crippen LogP) is 4.23. The van der Waals surface area contributed by atoms with Crippen LogP contribution < -0.4 is 0 Å². The second-order valence-corrected chi connectivity index (χ2v) is 5.07. The first-order valence-electron chi connectivity index (χ1n) is 5.50. The van der Waals surface area contributed by atoms with Crippen LogP contribution in [-0.4, -0.2) is 5.11 Å². The molecule has 0 aromatic heterocycles. The molecule has 0 spiro atoms. The van der Waals surface area contributed by atoms with E-state index in [2.05, 4.69) is 35.8 Å². The zero-order chi connectivity index (χ0) is 11.4. The molecular formula is C13H19BrO. The lowest BCUT2D eigenvalue weighted by Gasteiger charge is -2.19. The van der Waals surface area contributed by atoms with Crippen molar-refractivity contribution in [2.75, 3.05) is 0 Å². The van der Waals surface area contributed by atoms with Crippen LogP contribution in [0.2, 0.25) is 0 Å². The van der Waals surface area contributed by atoms with Crippen molar-refractivity contribution in [2.45, 2.75) is 39.7 Å². The Kier molecular flexibility index (Phi) is 4.81. The van der Waals surface area contributed by atoms with Gasteiger partial charge < -0.3 is 5.11 Å². The monoisotopic (exact) mass is 270 g/mol.